The van der Waals surface area contributed by atoms with Crippen molar-refractivity contribution in [3.63, 3.8) is 0 Å². The zero-order valence-corrected chi connectivity index (χ0v) is 10.8. The van der Waals surface area contributed by atoms with Crippen LogP contribution in [0.15, 0.2) is 12.1 Å². The van der Waals surface area contributed by atoms with E-state index in [1.165, 1.54) is 0 Å². The Balaban J connectivity index is 1.84. The van der Waals surface area contributed by atoms with E-state index in [2.05, 4.69) is 22.0 Å². The molecular formula is C13H18N4O. The second kappa shape index (κ2) is 4.23. The number of amides is 1. The molecule has 2 fully saturated rings. The molecule has 1 aromatic rings. The number of carbonyl (C=O) groups excluding carboxylic acids is 1. The Hall–Kier alpha value is -1.65. The zero-order valence-electron chi connectivity index (χ0n) is 10.8. The average Bonchev–Trinajstić information content (AvgIpc) is 2.88. The van der Waals surface area contributed by atoms with E-state index in [1.54, 1.807) is 0 Å². The van der Waals surface area contributed by atoms with Crippen LogP contribution < -0.4 is 4.90 Å². The molecule has 0 bridgehead atoms. The Morgan fingerprint density at radius 2 is 2.17 bits per heavy atom. The van der Waals surface area contributed by atoms with Gasteiger partial charge < -0.3 is 9.80 Å². The number of aryl methyl sites for hydroxylation is 1. The Kier molecular flexibility index (Phi) is 2.69. The molecule has 1 aromatic heterocycles. The summed E-state index contributed by atoms with van der Waals surface area (Å²) in [5.74, 6) is 1.18. The number of likely N-dealkylation sites (tertiary alicyclic amines) is 1. The first-order chi connectivity index (χ1) is 8.70. The van der Waals surface area contributed by atoms with E-state index in [0.29, 0.717) is 12.5 Å². The molecule has 3 rings (SSSR count). The van der Waals surface area contributed by atoms with Crippen molar-refractivity contribution in [3.05, 3.63) is 17.8 Å². The highest BCUT2D eigenvalue weighted by atomic mass is 16.2. The second-order valence-electron chi connectivity index (χ2n) is 5.03. The van der Waals surface area contributed by atoms with E-state index in [4.69, 9.17) is 0 Å². The predicted octanol–water partition coefficient (Wildman–Crippen LogP) is 0.985. The van der Waals surface area contributed by atoms with E-state index in [-0.39, 0.29) is 11.9 Å². The first-order valence-corrected chi connectivity index (χ1v) is 6.57. The molecular weight excluding hydrogens is 228 g/mol. The lowest BCUT2D eigenvalue weighted by Gasteiger charge is -2.24. The first-order valence-electron chi connectivity index (χ1n) is 6.57. The number of rotatable bonds is 2. The molecule has 2 aliphatic heterocycles. The molecule has 0 aliphatic carbocycles. The average molecular weight is 246 g/mol. The maximum absolute atomic E-state index is 11.9. The van der Waals surface area contributed by atoms with Crippen molar-refractivity contribution in [1.29, 1.82) is 0 Å². The van der Waals surface area contributed by atoms with Crippen LogP contribution in [0.2, 0.25) is 0 Å². The van der Waals surface area contributed by atoms with Crippen LogP contribution in [-0.4, -0.2) is 46.2 Å². The third kappa shape index (κ3) is 1.65. The second-order valence-corrected chi connectivity index (χ2v) is 5.03. The molecule has 0 spiro atoms. The van der Waals surface area contributed by atoms with E-state index in [1.807, 2.05) is 24.0 Å². The lowest BCUT2D eigenvalue weighted by molar-refractivity contribution is -0.128. The van der Waals surface area contributed by atoms with Crippen LogP contribution in [0.25, 0.3) is 0 Å². The Morgan fingerprint density at radius 3 is 2.83 bits per heavy atom. The Labute approximate surface area is 107 Å². The SMILES string of the molecule is CCN1C(=O)CC2C1CCN2c1ccc(C)nn1. The predicted molar refractivity (Wildman–Crippen MR) is 68.3 cm³/mol. The molecule has 1 amide bonds. The quantitative estimate of drug-likeness (QED) is 0.780. The number of likely N-dealkylation sites (N-methyl/N-ethyl adjacent to an activating group) is 1. The summed E-state index contributed by atoms with van der Waals surface area (Å²) in [4.78, 5) is 16.2. The molecule has 18 heavy (non-hydrogen) atoms. The number of hydrogen-bond donors (Lipinski definition) is 0. The van der Waals surface area contributed by atoms with Gasteiger partial charge in [-0.3, -0.25) is 4.79 Å². The highest BCUT2D eigenvalue weighted by Gasteiger charge is 2.46. The smallest absolute Gasteiger partial charge is 0.225 e. The van der Waals surface area contributed by atoms with Gasteiger partial charge in [-0.1, -0.05) is 0 Å². The molecule has 0 saturated carbocycles. The number of anilines is 1. The minimum absolute atomic E-state index is 0.275. The molecule has 3 heterocycles. The van der Waals surface area contributed by atoms with Crippen molar-refractivity contribution in [1.82, 2.24) is 15.1 Å². The van der Waals surface area contributed by atoms with Gasteiger partial charge in [0.05, 0.1) is 17.8 Å². The van der Waals surface area contributed by atoms with Crippen LogP contribution in [0, 0.1) is 6.92 Å². The largest absolute Gasteiger partial charge is 0.349 e. The summed E-state index contributed by atoms with van der Waals surface area (Å²) >= 11 is 0. The van der Waals surface area contributed by atoms with Crippen LogP contribution in [0.4, 0.5) is 5.82 Å². The Morgan fingerprint density at radius 1 is 1.33 bits per heavy atom. The van der Waals surface area contributed by atoms with Gasteiger partial charge in [-0.25, -0.2) is 0 Å². The van der Waals surface area contributed by atoms with Gasteiger partial charge in [0.15, 0.2) is 5.82 Å². The summed E-state index contributed by atoms with van der Waals surface area (Å²) in [6.07, 6.45) is 1.66. The molecule has 0 aromatic carbocycles. The lowest BCUT2D eigenvalue weighted by Crippen LogP contribution is -2.37. The number of aromatic nitrogens is 2. The molecule has 96 valence electrons. The fraction of sp³-hybridized carbons (Fsp3) is 0.615. The molecule has 2 atom stereocenters. The van der Waals surface area contributed by atoms with E-state index >= 15 is 0 Å². The van der Waals surface area contributed by atoms with E-state index in [0.717, 1.165) is 31.0 Å². The first kappa shape index (κ1) is 11.4. The minimum Gasteiger partial charge on any atom is -0.349 e. The fourth-order valence-electron chi connectivity index (χ4n) is 3.17. The summed E-state index contributed by atoms with van der Waals surface area (Å²) in [6, 6.07) is 4.63. The van der Waals surface area contributed by atoms with Crippen molar-refractivity contribution >= 4 is 11.7 Å². The molecule has 2 aliphatic rings. The lowest BCUT2D eigenvalue weighted by atomic mass is 10.1. The van der Waals surface area contributed by atoms with E-state index in [9.17, 15) is 4.79 Å². The van der Waals surface area contributed by atoms with Crippen molar-refractivity contribution in [2.45, 2.75) is 38.8 Å². The number of hydrogen-bond acceptors (Lipinski definition) is 4. The molecule has 2 saturated heterocycles. The summed E-state index contributed by atoms with van der Waals surface area (Å²) < 4.78 is 0. The summed E-state index contributed by atoms with van der Waals surface area (Å²) in [6.45, 7) is 5.76. The maximum atomic E-state index is 11.9. The summed E-state index contributed by atoms with van der Waals surface area (Å²) in [5, 5.41) is 8.35. The molecule has 0 N–H and O–H groups in total. The Bertz CT molecular complexity index is 459. The normalized spacial score (nSPS) is 26.9. The topological polar surface area (TPSA) is 49.3 Å². The van der Waals surface area contributed by atoms with Gasteiger partial charge in [0.2, 0.25) is 5.91 Å². The third-order valence-corrected chi connectivity index (χ3v) is 4.03. The molecule has 5 heteroatoms. The van der Waals surface area contributed by atoms with Gasteiger partial charge in [0, 0.05) is 19.5 Å². The van der Waals surface area contributed by atoms with Gasteiger partial charge >= 0.3 is 0 Å². The van der Waals surface area contributed by atoms with E-state index < -0.39 is 0 Å². The number of fused-ring (bicyclic) bond motifs is 1. The fourth-order valence-corrected chi connectivity index (χ4v) is 3.17. The molecule has 2 unspecified atom stereocenters. The van der Waals surface area contributed by atoms with Gasteiger partial charge in [0.25, 0.3) is 0 Å². The highest BCUT2D eigenvalue weighted by Crippen LogP contribution is 2.34. The van der Waals surface area contributed by atoms with Crippen LogP contribution in [0.5, 0.6) is 0 Å². The van der Waals surface area contributed by atoms with Crippen molar-refractivity contribution < 1.29 is 4.79 Å². The summed E-state index contributed by atoms with van der Waals surface area (Å²) in [5.41, 5.74) is 0.923. The minimum atomic E-state index is 0.275. The molecule has 5 nitrogen and oxygen atoms in total. The number of carbonyl (C=O) groups is 1. The van der Waals surface area contributed by atoms with Crippen LogP contribution >= 0.6 is 0 Å². The standard InChI is InChI=1S/C13H18N4O/c1-3-16-10-6-7-17(11(10)8-13(16)18)12-5-4-9(2)14-15-12/h4-5,10-11H,3,6-8H2,1-2H3. The van der Waals surface area contributed by atoms with Gasteiger partial charge in [0.1, 0.15) is 0 Å². The van der Waals surface area contributed by atoms with Crippen molar-refractivity contribution in [3.8, 4) is 0 Å². The van der Waals surface area contributed by atoms with Gasteiger partial charge in [-0.2, -0.15) is 5.10 Å². The maximum Gasteiger partial charge on any atom is 0.225 e. The third-order valence-electron chi connectivity index (χ3n) is 4.03. The summed E-state index contributed by atoms with van der Waals surface area (Å²) in [7, 11) is 0. The van der Waals surface area contributed by atoms with Crippen LogP contribution in [0.1, 0.15) is 25.5 Å². The van der Waals surface area contributed by atoms with Crippen LogP contribution in [-0.2, 0) is 4.79 Å². The van der Waals surface area contributed by atoms with Crippen LogP contribution in [0.3, 0.4) is 0 Å². The van der Waals surface area contributed by atoms with Crippen molar-refractivity contribution in [2.75, 3.05) is 18.0 Å². The zero-order chi connectivity index (χ0) is 12.7. The number of nitrogens with zero attached hydrogens (tertiary/aromatic N) is 4. The molecule has 0 radical (unpaired) electrons. The van der Waals surface area contributed by atoms with Crippen molar-refractivity contribution in [2.24, 2.45) is 0 Å². The van der Waals surface area contributed by atoms with Gasteiger partial charge in [-0.05, 0) is 32.4 Å². The monoisotopic (exact) mass is 246 g/mol. The van der Waals surface area contributed by atoms with Gasteiger partial charge in [-0.15, -0.1) is 5.10 Å². The highest BCUT2D eigenvalue weighted by molar-refractivity contribution is 5.81.